The zero-order valence-electron chi connectivity index (χ0n) is 10.8. The zero-order valence-corrected chi connectivity index (χ0v) is 10.8. The Hall–Kier alpha value is -1.66. The van der Waals surface area contributed by atoms with Gasteiger partial charge in [0.2, 0.25) is 5.82 Å². The molecule has 6 nitrogen and oxygen atoms in total. The molecule has 0 unspecified atom stereocenters. The molecular formula is C12H18N4O2. The van der Waals surface area contributed by atoms with Gasteiger partial charge in [-0.3, -0.25) is 0 Å². The van der Waals surface area contributed by atoms with Crippen molar-refractivity contribution in [1.29, 1.82) is 0 Å². The summed E-state index contributed by atoms with van der Waals surface area (Å²) in [5, 5.41) is 17.3. The van der Waals surface area contributed by atoms with Crippen LogP contribution in [0.15, 0.2) is 22.8 Å². The second-order valence-electron chi connectivity index (χ2n) is 4.83. The van der Waals surface area contributed by atoms with Crippen molar-refractivity contribution in [2.24, 2.45) is 0 Å². The number of rotatable bonds is 5. The van der Waals surface area contributed by atoms with E-state index in [2.05, 4.69) is 15.4 Å². The summed E-state index contributed by atoms with van der Waals surface area (Å²) in [6.07, 6.45) is 1.59. The fourth-order valence-electron chi connectivity index (χ4n) is 1.67. The van der Waals surface area contributed by atoms with Gasteiger partial charge in [0, 0.05) is 0 Å². The van der Waals surface area contributed by atoms with E-state index in [-0.39, 0.29) is 0 Å². The molecule has 0 aliphatic rings. The highest BCUT2D eigenvalue weighted by Crippen LogP contribution is 2.17. The van der Waals surface area contributed by atoms with Crippen LogP contribution in [0.3, 0.4) is 0 Å². The number of hydrogen-bond acceptors (Lipinski definition) is 5. The predicted molar refractivity (Wildman–Crippen MR) is 66.8 cm³/mol. The molecule has 6 heteroatoms. The van der Waals surface area contributed by atoms with Crippen molar-refractivity contribution in [2.45, 2.75) is 32.5 Å². The highest BCUT2D eigenvalue weighted by atomic mass is 16.3. The number of hydrogen-bond donors (Lipinski definition) is 2. The molecule has 0 saturated heterocycles. The van der Waals surface area contributed by atoms with Crippen LogP contribution in [0.1, 0.15) is 19.7 Å². The first kappa shape index (κ1) is 12.8. The Kier molecular flexibility index (Phi) is 3.49. The van der Waals surface area contributed by atoms with Crippen molar-refractivity contribution in [3.8, 4) is 11.6 Å². The molecule has 98 valence electrons. The molecule has 0 bridgehead atoms. The maximum absolute atomic E-state index is 9.87. The van der Waals surface area contributed by atoms with E-state index in [1.54, 1.807) is 30.9 Å². The van der Waals surface area contributed by atoms with E-state index in [4.69, 9.17) is 4.42 Å². The molecule has 18 heavy (non-hydrogen) atoms. The van der Waals surface area contributed by atoms with Gasteiger partial charge in [0.15, 0.2) is 5.76 Å². The Labute approximate surface area is 106 Å². The fraction of sp³-hybridized carbons (Fsp3) is 0.500. The van der Waals surface area contributed by atoms with Gasteiger partial charge in [-0.1, -0.05) is 0 Å². The van der Waals surface area contributed by atoms with E-state index in [1.807, 2.05) is 13.1 Å². The summed E-state index contributed by atoms with van der Waals surface area (Å²) in [5.74, 6) is 1.93. The van der Waals surface area contributed by atoms with Gasteiger partial charge in [-0.2, -0.15) is 0 Å². The third-order valence-electron chi connectivity index (χ3n) is 2.36. The van der Waals surface area contributed by atoms with Crippen molar-refractivity contribution >= 4 is 0 Å². The summed E-state index contributed by atoms with van der Waals surface area (Å²) in [6, 6.07) is 3.61. The van der Waals surface area contributed by atoms with Crippen LogP contribution in [-0.4, -0.2) is 32.5 Å². The van der Waals surface area contributed by atoms with Crippen LogP contribution < -0.4 is 5.32 Å². The Balaban J connectivity index is 2.32. The first-order valence-corrected chi connectivity index (χ1v) is 5.84. The molecule has 0 amide bonds. The molecule has 0 aliphatic carbocycles. The molecule has 0 aliphatic heterocycles. The second kappa shape index (κ2) is 4.91. The van der Waals surface area contributed by atoms with Crippen molar-refractivity contribution in [1.82, 2.24) is 20.1 Å². The number of nitrogens with one attached hydrogen (secondary N) is 1. The van der Waals surface area contributed by atoms with Crippen LogP contribution in [0.2, 0.25) is 0 Å². The van der Waals surface area contributed by atoms with Crippen LogP contribution in [0.5, 0.6) is 0 Å². The Morgan fingerprint density at radius 2 is 2.28 bits per heavy atom. The van der Waals surface area contributed by atoms with Gasteiger partial charge in [-0.25, -0.2) is 9.67 Å². The summed E-state index contributed by atoms with van der Waals surface area (Å²) in [6.45, 7) is 4.45. The Morgan fingerprint density at radius 3 is 2.83 bits per heavy atom. The van der Waals surface area contributed by atoms with E-state index in [1.165, 1.54) is 0 Å². The first-order chi connectivity index (χ1) is 8.49. The summed E-state index contributed by atoms with van der Waals surface area (Å²) in [7, 11) is 1.84. The van der Waals surface area contributed by atoms with Crippen molar-refractivity contribution in [3.05, 3.63) is 24.2 Å². The molecule has 0 saturated carbocycles. The van der Waals surface area contributed by atoms with Gasteiger partial charge in [0.25, 0.3) is 0 Å². The number of aromatic nitrogens is 3. The lowest BCUT2D eigenvalue weighted by molar-refractivity contribution is 0.0566. The normalized spacial score (nSPS) is 12.0. The molecule has 2 rings (SSSR count). The Bertz CT molecular complexity index is 497. The van der Waals surface area contributed by atoms with E-state index in [0.717, 1.165) is 5.82 Å². The van der Waals surface area contributed by atoms with E-state index < -0.39 is 5.60 Å². The summed E-state index contributed by atoms with van der Waals surface area (Å²) >= 11 is 0. The van der Waals surface area contributed by atoms with Crippen LogP contribution >= 0.6 is 0 Å². The molecule has 0 aromatic carbocycles. The molecule has 0 atom stereocenters. The third-order valence-corrected chi connectivity index (χ3v) is 2.36. The van der Waals surface area contributed by atoms with Gasteiger partial charge in [-0.05, 0) is 33.0 Å². The maximum Gasteiger partial charge on any atom is 0.217 e. The largest absolute Gasteiger partial charge is 0.461 e. The van der Waals surface area contributed by atoms with Gasteiger partial charge < -0.3 is 14.8 Å². The summed E-state index contributed by atoms with van der Waals surface area (Å²) in [5.41, 5.74) is -0.837. The molecule has 0 fully saturated rings. The predicted octanol–water partition coefficient (Wildman–Crippen LogP) is 1.03. The van der Waals surface area contributed by atoms with E-state index in [0.29, 0.717) is 24.7 Å². The molecule has 0 radical (unpaired) electrons. The number of aliphatic hydroxyl groups is 1. The highest BCUT2D eigenvalue weighted by molar-refractivity contribution is 5.45. The minimum absolute atomic E-state index is 0.387. The summed E-state index contributed by atoms with van der Waals surface area (Å²) in [4.78, 5) is 4.41. The minimum Gasteiger partial charge on any atom is -0.461 e. The van der Waals surface area contributed by atoms with E-state index in [9.17, 15) is 5.11 Å². The smallest absolute Gasteiger partial charge is 0.217 e. The molecule has 2 aromatic heterocycles. The molecule has 2 aromatic rings. The topological polar surface area (TPSA) is 76.1 Å². The van der Waals surface area contributed by atoms with Crippen molar-refractivity contribution in [3.63, 3.8) is 0 Å². The zero-order chi connectivity index (χ0) is 13.2. The molecule has 2 N–H and O–H groups in total. The molecule has 0 spiro atoms. The Morgan fingerprint density at radius 1 is 1.50 bits per heavy atom. The lowest BCUT2D eigenvalue weighted by atomic mass is 10.1. The lowest BCUT2D eigenvalue weighted by Crippen LogP contribution is -2.28. The first-order valence-electron chi connectivity index (χ1n) is 5.84. The van der Waals surface area contributed by atoms with Crippen LogP contribution in [0.25, 0.3) is 11.6 Å². The quantitative estimate of drug-likeness (QED) is 0.829. The molecule has 2 heterocycles. The highest BCUT2D eigenvalue weighted by Gasteiger charge is 2.19. The van der Waals surface area contributed by atoms with Gasteiger partial charge in [0.05, 0.1) is 25.0 Å². The minimum atomic E-state index is -0.837. The van der Waals surface area contributed by atoms with Crippen LogP contribution in [0.4, 0.5) is 0 Å². The van der Waals surface area contributed by atoms with Crippen LogP contribution in [-0.2, 0) is 13.1 Å². The lowest BCUT2D eigenvalue weighted by Gasteiger charge is -2.17. The molecular weight excluding hydrogens is 232 g/mol. The SMILES string of the molecule is CNCc1nc(-c2ccco2)nn1CC(C)(C)O. The second-order valence-corrected chi connectivity index (χ2v) is 4.83. The van der Waals surface area contributed by atoms with Crippen molar-refractivity contribution in [2.75, 3.05) is 7.05 Å². The van der Waals surface area contributed by atoms with Crippen LogP contribution in [0, 0.1) is 0 Å². The standard InChI is InChI=1S/C12H18N4O2/c1-12(2,17)8-16-10(7-13-3)14-11(15-16)9-5-4-6-18-9/h4-6,13,17H,7-8H2,1-3H3. The van der Waals surface area contributed by atoms with Gasteiger partial charge in [-0.15, -0.1) is 5.10 Å². The number of nitrogens with zero attached hydrogens (tertiary/aromatic N) is 3. The number of furan rings is 1. The van der Waals surface area contributed by atoms with Gasteiger partial charge in [0.1, 0.15) is 5.82 Å². The van der Waals surface area contributed by atoms with Gasteiger partial charge >= 0.3 is 0 Å². The monoisotopic (exact) mass is 250 g/mol. The van der Waals surface area contributed by atoms with E-state index >= 15 is 0 Å². The maximum atomic E-state index is 9.87. The average molecular weight is 250 g/mol. The average Bonchev–Trinajstić information content (AvgIpc) is 2.86. The fourth-order valence-corrected chi connectivity index (χ4v) is 1.67. The summed E-state index contributed by atoms with van der Waals surface area (Å²) < 4.78 is 6.98. The van der Waals surface area contributed by atoms with Crippen molar-refractivity contribution < 1.29 is 9.52 Å². The third kappa shape index (κ3) is 2.96.